The molecule has 3 heteroatoms. The Morgan fingerprint density at radius 3 is 2.47 bits per heavy atom. The lowest BCUT2D eigenvalue weighted by Gasteiger charge is -2.29. The fraction of sp³-hybridized carbons (Fsp3) is 0.750. The third kappa shape index (κ3) is 1.81. The third-order valence-electron chi connectivity index (χ3n) is 3.34. The van der Waals surface area contributed by atoms with Crippen LogP contribution in [0.5, 0.6) is 0 Å². The van der Waals surface area contributed by atoms with Crippen molar-refractivity contribution in [3.05, 3.63) is 17.5 Å². The Bertz CT molecular complexity index is 309. The molecule has 0 bridgehead atoms. The van der Waals surface area contributed by atoms with Crippen molar-refractivity contribution in [3.63, 3.8) is 0 Å². The van der Waals surface area contributed by atoms with E-state index in [1.165, 1.54) is 30.5 Å². The predicted octanol–water partition coefficient (Wildman–Crippen LogP) is 2.75. The summed E-state index contributed by atoms with van der Waals surface area (Å²) in [6, 6.07) is 0.543. The van der Waals surface area contributed by atoms with Crippen molar-refractivity contribution in [1.82, 2.24) is 9.78 Å². The first-order valence-electron chi connectivity index (χ1n) is 5.94. The molecule has 15 heavy (non-hydrogen) atoms. The molecule has 3 nitrogen and oxygen atoms in total. The minimum absolute atomic E-state index is 0.105. The van der Waals surface area contributed by atoms with Gasteiger partial charge in [-0.1, -0.05) is 6.42 Å². The zero-order valence-electron chi connectivity index (χ0n) is 9.90. The molecule has 1 fully saturated rings. The van der Waals surface area contributed by atoms with E-state index in [-0.39, 0.29) is 6.04 Å². The van der Waals surface area contributed by atoms with E-state index in [1.54, 1.807) is 0 Å². The SMILES string of the molecule is CC(N)c1cnn(C(C)C)c1C1CCC1. The minimum Gasteiger partial charge on any atom is -0.324 e. The highest BCUT2D eigenvalue weighted by atomic mass is 15.3. The molecule has 1 aromatic rings. The molecule has 84 valence electrons. The number of nitrogens with two attached hydrogens (primary N) is 1. The summed E-state index contributed by atoms with van der Waals surface area (Å²) in [5.74, 6) is 0.705. The molecule has 2 N–H and O–H groups in total. The second-order valence-corrected chi connectivity index (χ2v) is 4.94. The highest BCUT2D eigenvalue weighted by Gasteiger charge is 2.28. The van der Waals surface area contributed by atoms with Crippen LogP contribution in [0.25, 0.3) is 0 Å². The fourth-order valence-electron chi connectivity index (χ4n) is 2.25. The Morgan fingerprint density at radius 1 is 1.40 bits per heavy atom. The van der Waals surface area contributed by atoms with E-state index < -0.39 is 0 Å². The van der Waals surface area contributed by atoms with Crippen LogP contribution in [0.4, 0.5) is 0 Å². The maximum atomic E-state index is 5.99. The van der Waals surface area contributed by atoms with Crippen LogP contribution < -0.4 is 5.73 Å². The van der Waals surface area contributed by atoms with Gasteiger partial charge in [-0.2, -0.15) is 5.10 Å². The van der Waals surface area contributed by atoms with Gasteiger partial charge in [0.05, 0.1) is 6.20 Å². The van der Waals surface area contributed by atoms with Crippen molar-refractivity contribution in [1.29, 1.82) is 0 Å². The molecule has 1 heterocycles. The molecule has 1 atom stereocenters. The van der Waals surface area contributed by atoms with Gasteiger partial charge in [0, 0.05) is 29.3 Å². The summed E-state index contributed by atoms with van der Waals surface area (Å²) in [4.78, 5) is 0. The summed E-state index contributed by atoms with van der Waals surface area (Å²) < 4.78 is 2.16. The summed E-state index contributed by atoms with van der Waals surface area (Å²) in [5.41, 5.74) is 8.63. The zero-order chi connectivity index (χ0) is 11.0. The first-order valence-corrected chi connectivity index (χ1v) is 5.94. The molecule has 0 spiro atoms. The molecule has 1 saturated carbocycles. The third-order valence-corrected chi connectivity index (χ3v) is 3.34. The van der Waals surface area contributed by atoms with E-state index in [2.05, 4.69) is 23.6 Å². The average molecular weight is 207 g/mol. The number of hydrogen-bond acceptors (Lipinski definition) is 2. The number of rotatable bonds is 3. The Hall–Kier alpha value is -0.830. The molecule has 0 amide bonds. The highest BCUT2D eigenvalue weighted by Crippen LogP contribution is 2.40. The van der Waals surface area contributed by atoms with Crippen LogP contribution in [-0.2, 0) is 0 Å². The van der Waals surface area contributed by atoms with Crippen molar-refractivity contribution in [2.75, 3.05) is 0 Å². The molecule has 1 aliphatic carbocycles. The van der Waals surface area contributed by atoms with Gasteiger partial charge in [-0.15, -0.1) is 0 Å². The first kappa shape index (κ1) is 10.7. The van der Waals surface area contributed by atoms with E-state index in [4.69, 9.17) is 5.73 Å². The number of aromatic nitrogens is 2. The minimum atomic E-state index is 0.105. The van der Waals surface area contributed by atoms with Gasteiger partial charge in [-0.3, -0.25) is 4.68 Å². The normalized spacial score (nSPS) is 19.3. The van der Waals surface area contributed by atoms with E-state index >= 15 is 0 Å². The molecule has 1 aliphatic rings. The monoisotopic (exact) mass is 207 g/mol. The van der Waals surface area contributed by atoms with Gasteiger partial charge in [0.1, 0.15) is 0 Å². The molecule has 0 saturated heterocycles. The summed E-state index contributed by atoms with van der Waals surface area (Å²) in [7, 11) is 0. The van der Waals surface area contributed by atoms with Gasteiger partial charge in [-0.05, 0) is 33.6 Å². The maximum absolute atomic E-state index is 5.99. The number of hydrogen-bond donors (Lipinski definition) is 1. The van der Waals surface area contributed by atoms with Crippen molar-refractivity contribution >= 4 is 0 Å². The molecule has 2 rings (SSSR count). The quantitative estimate of drug-likeness (QED) is 0.828. The van der Waals surface area contributed by atoms with Crippen molar-refractivity contribution in [3.8, 4) is 0 Å². The van der Waals surface area contributed by atoms with E-state index in [0.29, 0.717) is 12.0 Å². The van der Waals surface area contributed by atoms with Crippen LogP contribution >= 0.6 is 0 Å². The number of nitrogens with zero attached hydrogens (tertiary/aromatic N) is 2. The molecule has 0 aliphatic heterocycles. The Morgan fingerprint density at radius 2 is 2.07 bits per heavy atom. The van der Waals surface area contributed by atoms with Crippen LogP contribution in [0.1, 0.15) is 69.3 Å². The molecule has 1 aromatic heterocycles. The van der Waals surface area contributed by atoms with Gasteiger partial charge in [0.25, 0.3) is 0 Å². The van der Waals surface area contributed by atoms with E-state index in [1.807, 2.05) is 13.1 Å². The van der Waals surface area contributed by atoms with Crippen LogP contribution in [0.3, 0.4) is 0 Å². The lowest BCUT2D eigenvalue weighted by Crippen LogP contribution is -2.20. The Kier molecular flexibility index (Phi) is 2.83. The van der Waals surface area contributed by atoms with Gasteiger partial charge in [0.15, 0.2) is 0 Å². The first-order chi connectivity index (χ1) is 7.11. The second-order valence-electron chi connectivity index (χ2n) is 4.94. The van der Waals surface area contributed by atoms with Crippen LogP contribution in [0.2, 0.25) is 0 Å². The average Bonchev–Trinajstić information content (AvgIpc) is 2.45. The van der Waals surface area contributed by atoms with Gasteiger partial charge < -0.3 is 5.73 Å². The highest BCUT2D eigenvalue weighted by molar-refractivity contribution is 5.26. The van der Waals surface area contributed by atoms with Crippen LogP contribution in [-0.4, -0.2) is 9.78 Å². The fourth-order valence-corrected chi connectivity index (χ4v) is 2.25. The molecule has 0 radical (unpaired) electrons. The molecule has 1 unspecified atom stereocenters. The summed E-state index contributed by atoms with van der Waals surface area (Å²) >= 11 is 0. The largest absolute Gasteiger partial charge is 0.324 e. The van der Waals surface area contributed by atoms with Crippen LogP contribution in [0.15, 0.2) is 6.20 Å². The lowest BCUT2D eigenvalue weighted by molar-refractivity contribution is 0.372. The van der Waals surface area contributed by atoms with Gasteiger partial charge in [0.2, 0.25) is 0 Å². The summed E-state index contributed by atoms with van der Waals surface area (Å²) in [6.07, 6.45) is 5.92. The standard InChI is InChI=1S/C12H21N3/c1-8(2)15-12(10-5-4-6-10)11(7-14-15)9(3)13/h7-10H,4-6,13H2,1-3H3. The van der Waals surface area contributed by atoms with Crippen LogP contribution in [0, 0.1) is 0 Å². The maximum Gasteiger partial charge on any atom is 0.0540 e. The van der Waals surface area contributed by atoms with E-state index in [9.17, 15) is 0 Å². The van der Waals surface area contributed by atoms with Crippen molar-refractivity contribution in [2.45, 2.75) is 58.0 Å². The zero-order valence-corrected chi connectivity index (χ0v) is 9.90. The Labute approximate surface area is 91.7 Å². The Balaban J connectivity index is 2.39. The van der Waals surface area contributed by atoms with Crippen molar-refractivity contribution < 1.29 is 0 Å². The second kappa shape index (κ2) is 3.97. The van der Waals surface area contributed by atoms with Gasteiger partial charge >= 0.3 is 0 Å². The summed E-state index contributed by atoms with van der Waals surface area (Å²) in [5, 5.41) is 4.48. The van der Waals surface area contributed by atoms with E-state index in [0.717, 1.165) is 0 Å². The van der Waals surface area contributed by atoms with Gasteiger partial charge in [-0.25, -0.2) is 0 Å². The smallest absolute Gasteiger partial charge is 0.0540 e. The predicted molar refractivity (Wildman–Crippen MR) is 61.8 cm³/mol. The summed E-state index contributed by atoms with van der Waals surface area (Å²) in [6.45, 7) is 6.41. The molecular weight excluding hydrogens is 186 g/mol. The molecular formula is C12H21N3. The molecule has 0 aromatic carbocycles. The topological polar surface area (TPSA) is 43.8 Å². The van der Waals surface area contributed by atoms with Crippen molar-refractivity contribution in [2.24, 2.45) is 5.73 Å². The lowest BCUT2D eigenvalue weighted by atomic mass is 9.80.